The van der Waals surface area contributed by atoms with Crippen molar-refractivity contribution in [3.8, 4) is 0 Å². The van der Waals surface area contributed by atoms with Gasteiger partial charge in [-0.3, -0.25) is 14.4 Å². The van der Waals surface area contributed by atoms with Crippen LogP contribution >= 0.6 is 0 Å². The summed E-state index contributed by atoms with van der Waals surface area (Å²) >= 11 is 0. The van der Waals surface area contributed by atoms with Crippen molar-refractivity contribution in [2.24, 2.45) is 0 Å². The van der Waals surface area contributed by atoms with Crippen LogP contribution in [-0.4, -0.2) is 37.2 Å². The van der Waals surface area contributed by atoms with Crippen LogP contribution < -0.4 is 0 Å². The van der Waals surface area contributed by atoms with E-state index in [0.717, 1.165) is 83.5 Å². The molecule has 0 heterocycles. The summed E-state index contributed by atoms with van der Waals surface area (Å²) in [7, 11) is 0. The lowest BCUT2D eigenvalue weighted by atomic mass is 10.0. The van der Waals surface area contributed by atoms with Gasteiger partial charge in [0.1, 0.15) is 13.2 Å². The molecule has 6 nitrogen and oxygen atoms in total. The summed E-state index contributed by atoms with van der Waals surface area (Å²) in [6, 6.07) is 0. The van der Waals surface area contributed by atoms with E-state index in [0.29, 0.717) is 19.3 Å². The van der Waals surface area contributed by atoms with E-state index in [1.165, 1.54) is 173 Å². The van der Waals surface area contributed by atoms with Gasteiger partial charge in [-0.2, -0.15) is 0 Å². The minimum Gasteiger partial charge on any atom is -0.462 e. The zero-order chi connectivity index (χ0) is 54.3. The summed E-state index contributed by atoms with van der Waals surface area (Å²) in [6.45, 7) is 6.44. The molecule has 0 rings (SSSR count). The number of hydrogen-bond donors (Lipinski definition) is 0. The Bertz CT molecular complexity index is 1480. The van der Waals surface area contributed by atoms with E-state index >= 15 is 0 Å². The average molecular weight is 1040 g/mol. The van der Waals surface area contributed by atoms with Crippen LogP contribution in [0.15, 0.2) is 97.2 Å². The quantitative estimate of drug-likeness (QED) is 0.0261. The SMILES string of the molecule is CC/C=C\C/C=C\C/C=C\C/C=C\CCC(=O)OCC(COC(=O)CCCCCCCCCCCCCCCCC/C=C\C/C=C\CCCCCCC)OC(=O)CCCCCCCCC/C=C\C/C=C\CCCCC. The first-order chi connectivity index (χ1) is 37.0. The van der Waals surface area contributed by atoms with Crippen LogP contribution in [0.25, 0.3) is 0 Å². The summed E-state index contributed by atoms with van der Waals surface area (Å²) in [6.07, 6.45) is 84.3. The second-order valence-corrected chi connectivity index (χ2v) is 20.9. The number of carbonyl (C=O) groups excluding carboxylic acids is 3. The fourth-order valence-electron chi connectivity index (χ4n) is 8.81. The van der Waals surface area contributed by atoms with Crippen molar-refractivity contribution in [3.05, 3.63) is 97.2 Å². The molecular formula is C69H118O6. The van der Waals surface area contributed by atoms with Gasteiger partial charge >= 0.3 is 17.9 Å². The predicted octanol–water partition coefficient (Wildman–Crippen LogP) is 21.7. The summed E-state index contributed by atoms with van der Waals surface area (Å²) in [5.41, 5.74) is 0. The molecule has 6 heteroatoms. The average Bonchev–Trinajstić information content (AvgIpc) is 3.41. The number of unbranched alkanes of at least 4 members (excludes halogenated alkanes) is 30. The molecule has 0 aliphatic heterocycles. The first-order valence-corrected chi connectivity index (χ1v) is 31.7. The molecule has 0 N–H and O–H groups in total. The second kappa shape index (κ2) is 62.9. The minimum absolute atomic E-state index is 0.102. The highest BCUT2D eigenvalue weighted by molar-refractivity contribution is 5.71. The molecule has 0 aromatic rings. The predicted molar refractivity (Wildman–Crippen MR) is 325 cm³/mol. The van der Waals surface area contributed by atoms with Gasteiger partial charge in [0.05, 0.1) is 0 Å². The second-order valence-electron chi connectivity index (χ2n) is 20.9. The Hall–Kier alpha value is -3.67. The fourth-order valence-corrected chi connectivity index (χ4v) is 8.81. The first-order valence-electron chi connectivity index (χ1n) is 31.7. The van der Waals surface area contributed by atoms with Crippen LogP contribution in [0.3, 0.4) is 0 Å². The Kier molecular flexibility index (Phi) is 59.8. The van der Waals surface area contributed by atoms with Crippen LogP contribution in [0.5, 0.6) is 0 Å². The summed E-state index contributed by atoms with van der Waals surface area (Å²) < 4.78 is 16.8. The van der Waals surface area contributed by atoms with E-state index in [-0.39, 0.29) is 37.5 Å². The van der Waals surface area contributed by atoms with Crippen molar-refractivity contribution in [1.82, 2.24) is 0 Å². The largest absolute Gasteiger partial charge is 0.462 e. The highest BCUT2D eigenvalue weighted by Gasteiger charge is 2.19. The van der Waals surface area contributed by atoms with Crippen LogP contribution in [0.4, 0.5) is 0 Å². The van der Waals surface area contributed by atoms with Gasteiger partial charge in [-0.1, -0.05) is 272 Å². The maximum absolute atomic E-state index is 12.9. The van der Waals surface area contributed by atoms with E-state index in [4.69, 9.17) is 14.2 Å². The van der Waals surface area contributed by atoms with Gasteiger partial charge in [-0.05, 0) is 109 Å². The van der Waals surface area contributed by atoms with Crippen LogP contribution in [-0.2, 0) is 28.6 Å². The number of carbonyl (C=O) groups is 3. The van der Waals surface area contributed by atoms with Gasteiger partial charge in [-0.25, -0.2) is 0 Å². The number of rotatable bonds is 57. The van der Waals surface area contributed by atoms with Crippen molar-refractivity contribution in [3.63, 3.8) is 0 Å². The Balaban J connectivity index is 4.30. The van der Waals surface area contributed by atoms with Crippen molar-refractivity contribution < 1.29 is 28.6 Å². The van der Waals surface area contributed by atoms with Gasteiger partial charge in [0.15, 0.2) is 6.10 Å². The van der Waals surface area contributed by atoms with E-state index < -0.39 is 6.10 Å². The fraction of sp³-hybridized carbons (Fsp3) is 0.725. The molecule has 75 heavy (non-hydrogen) atoms. The molecule has 0 aliphatic rings. The zero-order valence-electron chi connectivity index (χ0n) is 49.3. The number of allylic oxidation sites excluding steroid dienone is 16. The smallest absolute Gasteiger partial charge is 0.306 e. The lowest BCUT2D eigenvalue weighted by Gasteiger charge is -2.18. The molecule has 0 radical (unpaired) electrons. The molecule has 0 amide bonds. The Labute approximate surface area is 464 Å². The van der Waals surface area contributed by atoms with E-state index in [1.54, 1.807) is 0 Å². The molecular weight excluding hydrogens is 925 g/mol. The third-order valence-corrected chi connectivity index (χ3v) is 13.6. The Morgan fingerprint density at radius 3 is 0.920 bits per heavy atom. The molecule has 0 spiro atoms. The molecule has 1 atom stereocenters. The van der Waals surface area contributed by atoms with Crippen molar-refractivity contribution in [2.45, 2.75) is 309 Å². The molecule has 0 aromatic carbocycles. The first kappa shape index (κ1) is 71.3. The maximum Gasteiger partial charge on any atom is 0.306 e. The third-order valence-electron chi connectivity index (χ3n) is 13.6. The van der Waals surface area contributed by atoms with E-state index in [1.807, 2.05) is 6.08 Å². The van der Waals surface area contributed by atoms with Gasteiger partial charge in [-0.15, -0.1) is 0 Å². The lowest BCUT2D eigenvalue weighted by Crippen LogP contribution is -2.30. The van der Waals surface area contributed by atoms with Crippen LogP contribution in [0.2, 0.25) is 0 Å². The summed E-state index contributed by atoms with van der Waals surface area (Å²) in [5.74, 6) is -0.988. The standard InChI is InChI=1S/C69H118O6/c1-4-7-10-13-16-19-22-25-27-29-30-31-32-33-34-35-36-37-38-40-41-44-47-50-53-56-59-62-68(71)74-65-66(64-73-67(70)61-58-55-52-49-46-43-24-21-18-15-12-9-6-3)75-69(72)63-60-57-54-51-48-45-42-39-28-26-23-20-17-14-11-8-5-2/h9,12,17-18,20-22,25-26,28-30,43,46,52,55,66H,4-8,10-11,13-16,19,23-24,27,31-42,44-45,47-51,53-54,56-65H2,1-3H3/b12-9-,20-17-,21-18-,25-22-,28-26-,30-29-,46-43-,55-52-. The Morgan fingerprint density at radius 2 is 0.547 bits per heavy atom. The summed E-state index contributed by atoms with van der Waals surface area (Å²) in [5, 5.41) is 0. The molecule has 1 unspecified atom stereocenters. The molecule has 430 valence electrons. The van der Waals surface area contributed by atoms with Crippen molar-refractivity contribution >= 4 is 17.9 Å². The molecule has 0 aromatic heterocycles. The lowest BCUT2D eigenvalue weighted by molar-refractivity contribution is -0.166. The normalized spacial score (nSPS) is 12.7. The van der Waals surface area contributed by atoms with Crippen molar-refractivity contribution in [1.29, 1.82) is 0 Å². The van der Waals surface area contributed by atoms with Crippen LogP contribution in [0.1, 0.15) is 303 Å². The number of hydrogen-bond acceptors (Lipinski definition) is 6. The maximum atomic E-state index is 12.9. The van der Waals surface area contributed by atoms with E-state index in [9.17, 15) is 14.4 Å². The highest BCUT2D eigenvalue weighted by Crippen LogP contribution is 2.16. The number of esters is 3. The summed E-state index contributed by atoms with van der Waals surface area (Å²) in [4.78, 5) is 38.2. The van der Waals surface area contributed by atoms with Crippen LogP contribution in [0, 0.1) is 0 Å². The molecule has 0 aliphatic carbocycles. The highest BCUT2D eigenvalue weighted by atomic mass is 16.6. The van der Waals surface area contributed by atoms with Crippen molar-refractivity contribution in [2.75, 3.05) is 13.2 Å². The van der Waals surface area contributed by atoms with Gasteiger partial charge < -0.3 is 14.2 Å². The number of ether oxygens (including phenoxy) is 3. The van der Waals surface area contributed by atoms with Gasteiger partial charge in [0, 0.05) is 19.3 Å². The zero-order valence-corrected chi connectivity index (χ0v) is 49.3. The van der Waals surface area contributed by atoms with Gasteiger partial charge in [0.25, 0.3) is 0 Å². The minimum atomic E-state index is -0.811. The third kappa shape index (κ3) is 61.1. The Morgan fingerprint density at radius 1 is 0.280 bits per heavy atom. The topological polar surface area (TPSA) is 78.9 Å². The molecule has 0 saturated heterocycles. The molecule has 0 bridgehead atoms. The molecule has 0 fully saturated rings. The van der Waals surface area contributed by atoms with Gasteiger partial charge in [0.2, 0.25) is 0 Å². The van der Waals surface area contributed by atoms with E-state index in [2.05, 4.69) is 112 Å². The monoisotopic (exact) mass is 1040 g/mol. The molecule has 0 saturated carbocycles.